The van der Waals surface area contributed by atoms with Crippen molar-refractivity contribution in [3.8, 4) is 0 Å². The van der Waals surface area contributed by atoms with Crippen molar-refractivity contribution in [3.63, 3.8) is 0 Å². The van der Waals surface area contributed by atoms with Gasteiger partial charge in [0.2, 0.25) is 11.8 Å². The minimum atomic E-state index is -2.62. The molecule has 5 heterocycles. The summed E-state index contributed by atoms with van der Waals surface area (Å²) in [6.45, 7) is 7.29. The number of hydrogen-bond donors (Lipinski definition) is 3. The summed E-state index contributed by atoms with van der Waals surface area (Å²) in [4.78, 5) is 30.8. The van der Waals surface area contributed by atoms with E-state index in [1.807, 2.05) is 18.2 Å². The molecule has 3 aromatic rings. The highest BCUT2D eigenvalue weighted by Crippen LogP contribution is 2.43. The molecule has 0 spiro atoms. The fourth-order valence-corrected chi connectivity index (χ4v) is 9.19. The van der Waals surface area contributed by atoms with Gasteiger partial charge in [0.1, 0.15) is 29.1 Å². The van der Waals surface area contributed by atoms with E-state index in [4.69, 9.17) is 15.6 Å². The molecule has 0 radical (unpaired) electrons. The number of fused-ring (bicyclic) bond motifs is 2. The van der Waals surface area contributed by atoms with Crippen LogP contribution in [0.1, 0.15) is 113 Å². The molecular weight excluding hydrogens is 691 g/mol. The van der Waals surface area contributed by atoms with Crippen LogP contribution in [0.3, 0.4) is 0 Å². The van der Waals surface area contributed by atoms with Gasteiger partial charge in [-0.25, -0.2) is 13.6 Å². The molecule has 4 aliphatic rings. The van der Waals surface area contributed by atoms with Crippen molar-refractivity contribution in [2.45, 2.75) is 126 Å². The van der Waals surface area contributed by atoms with E-state index in [0.717, 1.165) is 43.0 Å². The number of aliphatic hydroxyl groups is 1. The normalized spacial score (nSPS) is 26.6. The number of aryl methyl sites for hydroxylation is 1. The largest absolute Gasteiger partial charge is 0.393 e. The summed E-state index contributed by atoms with van der Waals surface area (Å²) in [5.74, 6) is 0.244. The predicted octanol–water partition coefficient (Wildman–Crippen LogP) is 5.36. The van der Waals surface area contributed by atoms with Crippen LogP contribution in [0.25, 0.3) is 0 Å². The zero-order chi connectivity index (χ0) is 37.0. The van der Waals surface area contributed by atoms with E-state index < -0.39 is 11.6 Å². The van der Waals surface area contributed by atoms with Crippen LogP contribution < -0.4 is 16.7 Å². The topological polar surface area (TPSA) is 153 Å². The Hall–Kier alpha value is -3.40. The molecule has 1 aliphatic carbocycles. The lowest BCUT2D eigenvalue weighted by atomic mass is 9.86. The van der Waals surface area contributed by atoms with Gasteiger partial charge in [0, 0.05) is 61.3 Å². The fourth-order valence-electron chi connectivity index (χ4n) is 8.26. The number of aromatic nitrogens is 5. The van der Waals surface area contributed by atoms with E-state index in [-0.39, 0.29) is 67.6 Å². The molecule has 1 amide bonds. The second kappa shape index (κ2) is 16.7. The number of carbonyl (C=O) groups excluding carboxylic acids is 1. The van der Waals surface area contributed by atoms with Crippen LogP contribution in [0.5, 0.6) is 0 Å². The van der Waals surface area contributed by atoms with Crippen molar-refractivity contribution in [2.75, 3.05) is 24.6 Å². The van der Waals surface area contributed by atoms with Gasteiger partial charge in [-0.3, -0.25) is 14.3 Å². The standard InChI is InChI=1S/C29H41F2N5O.C8H11N3O3S/c1-19(2)27-34-33-20(3)36(27)25-17-23-9-10-24(18-25)35(23)16-13-26(21-7-5-4-6-8-21)32-28(37)22-11-14-29(30,31)15-12-22;9-5-1-2-11(8(13)10-5)6-4-15-7(3-12)14-6/h4-8,19,22-26H,9-18H2,1-3H3,(H,32,37);1-2,6-7,12H,3-4H2,(H2,9,10,13)/t23-,24+,25?,26-;6-,7+/m00/s1. The number of ether oxygens (including phenoxy) is 1. The number of nitrogens with one attached hydrogen (secondary N) is 1. The summed E-state index contributed by atoms with van der Waals surface area (Å²) in [5, 5.41) is 21.0. The Morgan fingerprint density at radius 1 is 1.08 bits per heavy atom. The first-order valence-electron chi connectivity index (χ1n) is 18.5. The molecule has 6 atom stereocenters. The molecule has 3 saturated heterocycles. The van der Waals surface area contributed by atoms with Crippen LogP contribution >= 0.6 is 11.8 Å². The summed E-state index contributed by atoms with van der Waals surface area (Å²) < 4.78 is 36.4. The van der Waals surface area contributed by atoms with Gasteiger partial charge in [0.15, 0.2) is 0 Å². The fraction of sp³-hybridized carbons (Fsp3) is 0.649. The third-order valence-corrected chi connectivity index (χ3v) is 12.1. The predicted molar refractivity (Wildman–Crippen MR) is 196 cm³/mol. The lowest BCUT2D eigenvalue weighted by molar-refractivity contribution is -0.130. The number of anilines is 1. The highest BCUT2D eigenvalue weighted by atomic mass is 32.2. The SMILES string of the molecule is Cc1nnc(C(C)C)n1C1C[C@H]2CC[C@@H](C1)N2CC[C@H](NC(=O)C1CCC(F)(F)CC1)c1ccccc1.Nc1ccn([C@@H]2CS[C@H](CO)O2)c(=O)n1. The van der Waals surface area contributed by atoms with Gasteiger partial charge in [-0.15, -0.1) is 22.0 Å². The molecule has 3 aliphatic heterocycles. The monoisotopic (exact) mass is 742 g/mol. The number of amides is 1. The summed E-state index contributed by atoms with van der Waals surface area (Å²) in [6.07, 6.45) is 6.77. The van der Waals surface area contributed by atoms with Crippen molar-refractivity contribution in [1.29, 1.82) is 0 Å². The Bertz CT molecular complexity index is 1680. The van der Waals surface area contributed by atoms with Crippen LogP contribution in [0.15, 0.2) is 47.4 Å². The van der Waals surface area contributed by atoms with Crippen LogP contribution in [-0.4, -0.2) is 82.6 Å². The lowest BCUT2D eigenvalue weighted by Gasteiger charge is -2.40. The highest BCUT2D eigenvalue weighted by molar-refractivity contribution is 8.00. The van der Waals surface area contributed by atoms with Crippen LogP contribution in [0, 0.1) is 12.8 Å². The van der Waals surface area contributed by atoms with Crippen molar-refractivity contribution in [3.05, 3.63) is 70.3 Å². The number of carbonyl (C=O) groups is 1. The number of hydrogen-bond acceptors (Lipinski definition) is 10. The maximum Gasteiger partial charge on any atom is 0.351 e. The maximum atomic E-state index is 13.6. The molecule has 1 unspecified atom stereocenters. The van der Waals surface area contributed by atoms with Crippen LogP contribution in [-0.2, 0) is 9.53 Å². The molecule has 4 N–H and O–H groups in total. The molecule has 52 heavy (non-hydrogen) atoms. The zero-order valence-electron chi connectivity index (χ0n) is 30.2. The summed E-state index contributed by atoms with van der Waals surface area (Å²) >= 11 is 1.47. The number of nitrogens with zero attached hydrogens (tertiary/aromatic N) is 6. The molecule has 284 valence electrons. The second-order valence-corrected chi connectivity index (χ2v) is 16.0. The Morgan fingerprint density at radius 2 is 1.77 bits per heavy atom. The minimum Gasteiger partial charge on any atom is -0.393 e. The van der Waals surface area contributed by atoms with Crippen LogP contribution in [0.4, 0.5) is 14.6 Å². The van der Waals surface area contributed by atoms with Gasteiger partial charge in [-0.2, -0.15) is 4.98 Å². The molecule has 1 aromatic carbocycles. The van der Waals surface area contributed by atoms with Crippen LogP contribution in [0.2, 0.25) is 0 Å². The average Bonchev–Trinajstić information content (AvgIpc) is 3.82. The average molecular weight is 743 g/mol. The molecule has 12 nitrogen and oxygen atoms in total. The number of nitrogen functional groups attached to an aromatic ring is 1. The first kappa shape index (κ1) is 38.3. The Kier molecular flexibility index (Phi) is 12.3. The zero-order valence-corrected chi connectivity index (χ0v) is 31.1. The van der Waals surface area contributed by atoms with Gasteiger partial charge in [-0.05, 0) is 63.5 Å². The van der Waals surface area contributed by atoms with Crippen molar-refractivity contribution < 1.29 is 23.4 Å². The van der Waals surface area contributed by atoms with Crippen molar-refractivity contribution in [2.24, 2.45) is 5.92 Å². The lowest BCUT2D eigenvalue weighted by Crippen LogP contribution is -2.45. The number of benzene rings is 1. The summed E-state index contributed by atoms with van der Waals surface area (Å²) in [5.41, 5.74) is 5.76. The highest BCUT2D eigenvalue weighted by Gasteiger charge is 2.43. The van der Waals surface area contributed by atoms with Crippen molar-refractivity contribution >= 4 is 23.5 Å². The van der Waals surface area contributed by atoms with Crippen molar-refractivity contribution in [1.82, 2.24) is 34.5 Å². The first-order chi connectivity index (χ1) is 24.9. The van der Waals surface area contributed by atoms with E-state index in [2.05, 4.69) is 62.9 Å². The molecule has 2 bridgehead atoms. The number of aliphatic hydroxyl groups excluding tert-OH is 1. The summed E-state index contributed by atoms with van der Waals surface area (Å²) in [6, 6.07) is 13.0. The number of alkyl halides is 2. The van der Waals surface area contributed by atoms with Gasteiger partial charge in [0.05, 0.1) is 12.6 Å². The Labute approximate surface area is 307 Å². The molecule has 2 aromatic heterocycles. The molecule has 15 heteroatoms. The Balaban J connectivity index is 0.000000258. The maximum absolute atomic E-state index is 13.6. The smallest absolute Gasteiger partial charge is 0.351 e. The number of thioether (sulfide) groups is 1. The molecule has 1 saturated carbocycles. The van der Waals surface area contributed by atoms with E-state index in [1.165, 1.54) is 29.2 Å². The quantitative estimate of drug-likeness (QED) is 0.248. The number of nitrogens with two attached hydrogens (primary N) is 1. The van der Waals surface area contributed by atoms with Gasteiger partial charge >= 0.3 is 5.69 Å². The van der Waals surface area contributed by atoms with Gasteiger partial charge < -0.3 is 25.5 Å². The number of piperidine rings is 1. The van der Waals surface area contributed by atoms with Gasteiger partial charge in [-0.1, -0.05) is 44.2 Å². The van der Waals surface area contributed by atoms with Gasteiger partial charge in [0.25, 0.3) is 0 Å². The third-order valence-electron chi connectivity index (χ3n) is 11.0. The molecule has 7 rings (SSSR count). The van der Waals surface area contributed by atoms with E-state index in [1.54, 1.807) is 12.3 Å². The van der Waals surface area contributed by atoms with E-state index in [0.29, 0.717) is 29.8 Å². The molecule has 4 fully saturated rings. The van der Waals surface area contributed by atoms with E-state index in [9.17, 15) is 18.4 Å². The Morgan fingerprint density at radius 3 is 2.38 bits per heavy atom. The van der Waals surface area contributed by atoms with E-state index >= 15 is 0 Å². The molecular formula is C37H52F2N8O4S. The second-order valence-electron chi connectivity index (χ2n) is 14.8. The number of rotatable bonds is 10. The third kappa shape index (κ3) is 9.03. The first-order valence-corrected chi connectivity index (χ1v) is 19.6. The number of halogens is 2. The summed E-state index contributed by atoms with van der Waals surface area (Å²) in [7, 11) is 0. The minimum absolute atomic E-state index is 0.0572.